The summed E-state index contributed by atoms with van der Waals surface area (Å²) in [7, 11) is 2.16. The molecule has 0 aliphatic heterocycles. The van der Waals surface area contributed by atoms with Crippen LogP contribution in [0.2, 0.25) is 0 Å². The first-order chi connectivity index (χ1) is 24.2. The van der Waals surface area contributed by atoms with Crippen LogP contribution in [0.4, 0.5) is 11.4 Å². The molecule has 2 heteroatoms. The van der Waals surface area contributed by atoms with Gasteiger partial charge in [0.2, 0.25) is 0 Å². The Hall–Kier alpha value is -5.96. The zero-order valence-electron chi connectivity index (χ0n) is 27.2. The van der Waals surface area contributed by atoms with Crippen molar-refractivity contribution >= 4 is 86.0 Å². The van der Waals surface area contributed by atoms with Crippen LogP contribution in [-0.2, 0) is 0 Å². The van der Waals surface area contributed by atoms with E-state index in [1.807, 2.05) is 11.3 Å². The molecule has 0 unspecified atom stereocenters. The van der Waals surface area contributed by atoms with Crippen LogP contribution in [-0.4, -0.2) is 7.05 Å². The standard InChI is InChI=1S/C29H21N.C18H12S/c1-30(29-16-8-10-20-9-2-3-11-22(20)29)21-17-18-27-25-14-5-4-12-23(25)24-13-6-7-15-26(24)28(27)19-21;1-2-6-13(7-3-1)14-10-11-18-16(12-14)15-8-4-5-9-17(15)19-18/h2-19H,1H3;1-12H. The maximum atomic E-state index is 2.34. The van der Waals surface area contributed by atoms with Crippen LogP contribution in [0.3, 0.4) is 0 Å². The lowest BCUT2D eigenvalue weighted by Crippen LogP contribution is -2.09. The predicted octanol–water partition coefficient (Wildman–Crippen LogP) is 13.8. The summed E-state index contributed by atoms with van der Waals surface area (Å²) < 4.78 is 2.73. The van der Waals surface area contributed by atoms with Crippen LogP contribution in [0.5, 0.6) is 0 Å². The zero-order chi connectivity index (χ0) is 32.7. The van der Waals surface area contributed by atoms with Crippen molar-refractivity contribution in [1.29, 1.82) is 0 Å². The molecule has 0 bridgehead atoms. The third-order valence-corrected chi connectivity index (χ3v) is 10.9. The Balaban J connectivity index is 0.000000147. The average Bonchev–Trinajstić information content (AvgIpc) is 3.56. The van der Waals surface area contributed by atoms with Crippen molar-refractivity contribution in [3.63, 3.8) is 0 Å². The van der Waals surface area contributed by atoms with Crippen molar-refractivity contribution in [1.82, 2.24) is 0 Å². The first-order valence-electron chi connectivity index (χ1n) is 16.7. The third-order valence-electron chi connectivity index (χ3n) is 9.73. The van der Waals surface area contributed by atoms with Crippen LogP contribution < -0.4 is 4.90 Å². The summed E-state index contributed by atoms with van der Waals surface area (Å²) in [6, 6.07) is 65.4. The normalized spacial score (nSPS) is 11.4. The predicted molar refractivity (Wildman–Crippen MR) is 216 cm³/mol. The number of benzene rings is 9. The van der Waals surface area contributed by atoms with E-state index in [0.29, 0.717) is 0 Å². The molecular weight excluding hydrogens is 611 g/mol. The number of anilines is 2. The minimum Gasteiger partial charge on any atom is -0.344 e. The molecule has 0 aliphatic carbocycles. The summed E-state index contributed by atoms with van der Waals surface area (Å²) in [5, 5.41) is 13.1. The number of thiophene rings is 1. The first-order valence-corrected chi connectivity index (χ1v) is 17.6. The van der Waals surface area contributed by atoms with Gasteiger partial charge in [-0.25, -0.2) is 0 Å². The fourth-order valence-electron chi connectivity index (χ4n) is 7.28. The molecule has 10 rings (SSSR count). The van der Waals surface area contributed by atoms with Gasteiger partial charge in [-0.1, -0.05) is 146 Å². The fraction of sp³-hybridized carbons (Fsp3) is 0.0213. The number of fused-ring (bicyclic) bond motifs is 10. The molecule has 0 fully saturated rings. The Morgan fingerprint density at radius 2 is 0.898 bits per heavy atom. The van der Waals surface area contributed by atoms with Crippen molar-refractivity contribution in [2.45, 2.75) is 0 Å². The maximum Gasteiger partial charge on any atom is 0.0487 e. The molecule has 0 spiro atoms. The Morgan fingerprint density at radius 3 is 1.63 bits per heavy atom. The van der Waals surface area contributed by atoms with E-state index >= 15 is 0 Å². The molecule has 1 nitrogen and oxygen atoms in total. The fourth-order valence-corrected chi connectivity index (χ4v) is 8.37. The van der Waals surface area contributed by atoms with Crippen molar-refractivity contribution < 1.29 is 0 Å². The molecule has 232 valence electrons. The van der Waals surface area contributed by atoms with Gasteiger partial charge in [-0.05, 0) is 85.2 Å². The monoisotopic (exact) mass is 643 g/mol. The van der Waals surface area contributed by atoms with Gasteiger partial charge < -0.3 is 4.90 Å². The lowest BCUT2D eigenvalue weighted by molar-refractivity contribution is 1.23. The molecule has 0 radical (unpaired) electrons. The third kappa shape index (κ3) is 5.18. The Labute approximate surface area is 289 Å². The van der Waals surface area contributed by atoms with Gasteiger partial charge in [0.25, 0.3) is 0 Å². The van der Waals surface area contributed by atoms with Crippen molar-refractivity contribution in [2.24, 2.45) is 0 Å². The van der Waals surface area contributed by atoms with Gasteiger partial charge in [0, 0.05) is 44.0 Å². The molecule has 0 saturated heterocycles. The second-order valence-corrected chi connectivity index (χ2v) is 13.6. The van der Waals surface area contributed by atoms with Crippen LogP contribution in [0, 0.1) is 0 Å². The van der Waals surface area contributed by atoms with Crippen LogP contribution in [0.15, 0.2) is 182 Å². The summed E-state index contributed by atoms with van der Waals surface area (Å²) in [6.45, 7) is 0. The van der Waals surface area contributed by atoms with Crippen molar-refractivity contribution in [3.8, 4) is 11.1 Å². The molecule has 1 aromatic heterocycles. The van der Waals surface area contributed by atoms with Gasteiger partial charge in [-0.3, -0.25) is 0 Å². The van der Waals surface area contributed by atoms with E-state index in [0.717, 1.165) is 0 Å². The molecule has 0 atom stereocenters. The van der Waals surface area contributed by atoms with E-state index in [-0.39, 0.29) is 0 Å². The van der Waals surface area contributed by atoms with E-state index in [1.54, 1.807) is 0 Å². The highest BCUT2D eigenvalue weighted by molar-refractivity contribution is 7.25. The average molecular weight is 644 g/mol. The van der Waals surface area contributed by atoms with Crippen molar-refractivity contribution in [2.75, 3.05) is 11.9 Å². The van der Waals surface area contributed by atoms with E-state index in [4.69, 9.17) is 0 Å². The Bertz CT molecular complexity index is 2750. The SMILES string of the molecule is CN(c1ccc2c3ccccc3c3ccccc3c2c1)c1cccc2ccccc12.c1ccc(-c2ccc3sc4ccccc4c3c2)cc1. The molecule has 49 heavy (non-hydrogen) atoms. The van der Waals surface area contributed by atoms with E-state index in [2.05, 4.69) is 194 Å². The summed E-state index contributed by atoms with van der Waals surface area (Å²) in [5.74, 6) is 0. The van der Waals surface area contributed by atoms with Gasteiger partial charge in [-0.15, -0.1) is 11.3 Å². The quantitative estimate of drug-likeness (QED) is 0.173. The van der Waals surface area contributed by atoms with Gasteiger partial charge >= 0.3 is 0 Å². The van der Waals surface area contributed by atoms with E-state index < -0.39 is 0 Å². The maximum absolute atomic E-state index is 2.34. The van der Waals surface area contributed by atoms with E-state index in [1.165, 1.54) is 85.8 Å². The molecular formula is C47H33NS. The summed E-state index contributed by atoms with van der Waals surface area (Å²) >= 11 is 1.87. The lowest BCUT2D eigenvalue weighted by Gasteiger charge is -2.22. The highest BCUT2D eigenvalue weighted by atomic mass is 32.1. The highest BCUT2D eigenvalue weighted by Crippen LogP contribution is 2.39. The molecule has 10 aromatic rings. The number of nitrogens with zero attached hydrogens (tertiary/aromatic N) is 1. The largest absolute Gasteiger partial charge is 0.344 e. The summed E-state index contributed by atoms with van der Waals surface area (Å²) in [6.07, 6.45) is 0. The minimum absolute atomic E-state index is 1.19. The Kier molecular flexibility index (Phi) is 7.30. The number of hydrogen-bond acceptors (Lipinski definition) is 2. The highest BCUT2D eigenvalue weighted by Gasteiger charge is 2.12. The van der Waals surface area contributed by atoms with Gasteiger partial charge in [0.1, 0.15) is 0 Å². The van der Waals surface area contributed by atoms with E-state index in [9.17, 15) is 0 Å². The van der Waals surface area contributed by atoms with Gasteiger partial charge in [0.15, 0.2) is 0 Å². The summed E-state index contributed by atoms with van der Waals surface area (Å²) in [4.78, 5) is 2.30. The number of rotatable bonds is 3. The topological polar surface area (TPSA) is 3.24 Å². The molecule has 0 amide bonds. The van der Waals surface area contributed by atoms with Crippen LogP contribution >= 0.6 is 11.3 Å². The molecule has 0 saturated carbocycles. The zero-order valence-corrected chi connectivity index (χ0v) is 28.0. The first kappa shape index (κ1) is 29.2. The van der Waals surface area contributed by atoms with Gasteiger partial charge in [-0.2, -0.15) is 0 Å². The van der Waals surface area contributed by atoms with Crippen molar-refractivity contribution in [3.05, 3.63) is 182 Å². The number of hydrogen-bond donors (Lipinski definition) is 0. The Morgan fingerprint density at radius 1 is 0.347 bits per heavy atom. The van der Waals surface area contributed by atoms with Gasteiger partial charge in [0.05, 0.1) is 0 Å². The molecule has 0 N–H and O–H groups in total. The minimum atomic E-state index is 1.19. The molecule has 1 heterocycles. The summed E-state index contributed by atoms with van der Waals surface area (Å²) in [5.41, 5.74) is 4.98. The lowest BCUT2D eigenvalue weighted by atomic mass is 9.94. The molecule has 0 aliphatic rings. The second-order valence-electron chi connectivity index (χ2n) is 12.6. The van der Waals surface area contributed by atoms with Crippen LogP contribution in [0.1, 0.15) is 0 Å². The van der Waals surface area contributed by atoms with Crippen LogP contribution in [0.25, 0.3) is 74.4 Å². The smallest absolute Gasteiger partial charge is 0.0487 e. The second kappa shape index (κ2) is 12.2. The molecule has 9 aromatic carbocycles.